The van der Waals surface area contributed by atoms with Gasteiger partial charge < -0.3 is 20.8 Å². The molecule has 0 radical (unpaired) electrons. The van der Waals surface area contributed by atoms with Crippen molar-refractivity contribution in [2.45, 2.75) is 20.4 Å². The van der Waals surface area contributed by atoms with E-state index in [0.717, 1.165) is 6.08 Å². The first kappa shape index (κ1) is 17.3. The normalized spacial score (nSPS) is 10.5. The van der Waals surface area contributed by atoms with Crippen LogP contribution in [0.3, 0.4) is 0 Å². The van der Waals surface area contributed by atoms with E-state index < -0.39 is 0 Å². The Morgan fingerprint density at radius 2 is 1.86 bits per heavy atom. The van der Waals surface area contributed by atoms with E-state index in [4.69, 9.17) is 0 Å². The number of nitrogens with one attached hydrogen (secondary N) is 2. The van der Waals surface area contributed by atoms with Crippen LogP contribution in [0, 0.1) is 13.8 Å². The molecule has 22 heavy (non-hydrogen) atoms. The zero-order valence-electron chi connectivity index (χ0n) is 12.6. The fraction of sp³-hybridized carbons (Fsp3) is 0.250. The summed E-state index contributed by atoms with van der Waals surface area (Å²) in [5.41, 5.74) is 1.53. The van der Waals surface area contributed by atoms with E-state index in [0.29, 0.717) is 16.7 Å². The highest BCUT2D eigenvalue weighted by atomic mass is 16.3. The lowest BCUT2D eigenvalue weighted by Gasteiger charge is -2.11. The summed E-state index contributed by atoms with van der Waals surface area (Å²) in [4.78, 5) is 22.5. The first-order chi connectivity index (χ1) is 10.4. The summed E-state index contributed by atoms with van der Waals surface area (Å²) < 4.78 is 0. The van der Waals surface area contributed by atoms with Crippen molar-refractivity contribution in [2.75, 3.05) is 6.54 Å². The van der Waals surface area contributed by atoms with Crippen LogP contribution >= 0.6 is 0 Å². The summed E-state index contributed by atoms with van der Waals surface area (Å²) >= 11 is 0. The van der Waals surface area contributed by atoms with Gasteiger partial charge >= 0.3 is 0 Å². The minimum Gasteiger partial charge on any atom is -0.507 e. The second kappa shape index (κ2) is 7.87. The zero-order valence-corrected chi connectivity index (χ0v) is 12.6. The third kappa shape index (κ3) is 4.66. The maximum Gasteiger partial charge on any atom is 0.243 e. The van der Waals surface area contributed by atoms with E-state index in [2.05, 4.69) is 17.2 Å². The number of benzene rings is 1. The van der Waals surface area contributed by atoms with Crippen LogP contribution in [0.25, 0.3) is 0 Å². The molecule has 0 bridgehead atoms. The number of phenols is 2. The highest BCUT2D eigenvalue weighted by molar-refractivity contribution is 5.88. The smallest absolute Gasteiger partial charge is 0.243 e. The molecule has 0 saturated heterocycles. The van der Waals surface area contributed by atoms with Gasteiger partial charge in [0.25, 0.3) is 0 Å². The lowest BCUT2D eigenvalue weighted by Crippen LogP contribution is -2.23. The molecule has 0 aliphatic carbocycles. The van der Waals surface area contributed by atoms with Gasteiger partial charge in [0, 0.05) is 30.3 Å². The van der Waals surface area contributed by atoms with Crippen molar-refractivity contribution < 1.29 is 19.8 Å². The third-order valence-corrected chi connectivity index (χ3v) is 3.08. The maximum absolute atomic E-state index is 11.6. The van der Waals surface area contributed by atoms with Crippen molar-refractivity contribution in [1.82, 2.24) is 10.6 Å². The molecule has 0 aliphatic rings. The second-order valence-electron chi connectivity index (χ2n) is 4.74. The molecule has 0 spiro atoms. The summed E-state index contributed by atoms with van der Waals surface area (Å²) in [6, 6.07) is 1.62. The van der Waals surface area contributed by atoms with Gasteiger partial charge in [-0.15, -0.1) is 0 Å². The van der Waals surface area contributed by atoms with E-state index >= 15 is 0 Å². The minimum atomic E-state index is -0.351. The molecule has 0 fully saturated rings. The molecule has 0 saturated carbocycles. The summed E-state index contributed by atoms with van der Waals surface area (Å²) in [6.45, 7) is 6.99. The molecule has 2 amide bonds. The molecule has 0 aromatic heterocycles. The van der Waals surface area contributed by atoms with Crippen molar-refractivity contribution >= 4 is 11.8 Å². The van der Waals surface area contributed by atoms with E-state index in [1.165, 1.54) is 12.2 Å². The molecular formula is C16H20N2O4. The molecule has 0 unspecified atom stereocenters. The van der Waals surface area contributed by atoms with Gasteiger partial charge in [-0.25, -0.2) is 0 Å². The van der Waals surface area contributed by atoms with Crippen LogP contribution in [0.15, 0.2) is 30.9 Å². The van der Waals surface area contributed by atoms with Crippen molar-refractivity contribution in [3.8, 4) is 11.5 Å². The molecule has 1 rings (SSSR count). The van der Waals surface area contributed by atoms with Crippen molar-refractivity contribution in [3.63, 3.8) is 0 Å². The second-order valence-corrected chi connectivity index (χ2v) is 4.74. The lowest BCUT2D eigenvalue weighted by molar-refractivity contribution is -0.117. The Kier molecular flexibility index (Phi) is 6.19. The van der Waals surface area contributed by atoms with E-state index in [9.17, 15) is 19.8 Å². The molecular weight excluding hydrogens is 284 g/mol. The standard InChI is InChI=1S/C16H20N2O4/c1-4-13(19)17-7-5-6-14(20)18-9-12-8-10(2)15(21)11(3)16(12)22/h4-6,8,21-22H,1,7,9H2,2-3H3,(H,17,19)(H,18,20)/b6-5+. The van der Waals surface area contributed by atoms with Gasteiger partial charge in [-0.3, -0.25) is 9.59 Å². The van der Waals surface area contributed by atoms with Crippen LogP contribution in [0.2, 0.25) is 0 Å². The van der Waals surface area contributed by atoms with Crippen LogP contribution in [0.4, 0.5) is 0 Å². The van der Waals surface area contributed by atoms with Gasteiger partial charge in [0.1, 0.15) is 11.5 Å². The first-order valence-electron chi connectivity index (χ1n) is 6.72. The highest BCUT2D eigenvalue weighted by Gasteiger charge is 2.11. The summed E-state index contributed by atoms with van der Waals surface area (Å²) in [6.07, 6.45) is 3.94. The Labute approximate surface area is 129 Å². The van der Waals surface area contributed by atoms with Crippen LogP contribution in [-0.2, 0) is 16.1 Å². The Bertz CT molecular complexity index is 621. The largest absolute Gasteiger partial charge is 0.507 e. The molecule has 118 valence electrons. The number of carbonyl (C=O) groups excluding carboxylic acids is 2. The summed E-state index contributed by atoms with van der Waals surface area (Å²) in [5.74, 6) is -0.656. The number of hydrogen-bond donors (Lipinski definition) is 4. The average Bonchev–Trinajstić information content (AvgIpc) is 2.51. The summed E-state index contributed by atoms with van der Waals surface area (Å²) in [7, 11) is 0. The Balaban J connectivity index is 2.56. The first-order valence-corrected chi connectivity index (χ1v) is 6.72. The zero-order chi connectivity index (χ0) is 16.7. The van der Waals surface area contributed by atoms with Crippen LogP contribution in [0.5, 0.6) is 11.5 Å². The number of amides is 2. The monoisotopic (exact) mass is 304 g/mol. The fourth-order valence-corrected chi connectivity index (χ4v) is 1.82. The van der Waals surface area contributed by atoms with Crippen molar-refractivity contribution in [3.05, 3.63) is 47.6 Å². The van der Waals surface area contributed by atoms with Gasteiger partial charge in [-0.05, 0) is 31.6 Å². The predicted octanol–water partition coefficient (Wildman–Crippen LogP) is 1.19. The quantitative estimate of drug-likeness (QED) is 0.593. The molecule has 4 N–H and O–H groups in total. The number of phenolic OH excluding ortho intramolecular Hbond substituents is 2. The average molecular weight is 304 g/mol. The molecule has 1 aromatic rings. The minimum absolute atomic E-state index is 0.0365. The SMILES string of the molecule is C=CC(=O)NC/C=C/C(=O)NCc1cc(C)c(O)c(C)c1O. The van der Waals surface area contributed by atoms with Crippen LogP contribution in [-0.4, -0.2) is 28.6 Å². The Morgan fingerprint density at radius 1 is 1.18 bits per heavy atom. The van der Waals surface area contributed by atoms with E-state index in [-0.39, 0.29) is 36.4 Å². The van der Waals surface area contributed by atoms with Gasteiger partial charge in [-0.1, -0.05) is 12.7 Å². The van der Waals surface area contributed by atoms with Crippen LogP contribution < -0.4 is 10.6 Å². The lowest BCUT2D eigenvalue weighted by atomic mass is 10.0. The number of rotatable bonds is 6. The molecule has 6 heteroatoms. The topological polar surface area (TPSA) is 98.7 Å². The number of aryl methyl sites for hydroxylation is 1. The molecule has 1 aromatic carbocycles. The Hall–Kier alpha value is -2.76. The van der Waals surface area contributed by atoms with Gasteiger partial charge in [0.05, 0.1) is 0 Å². The molecule has 0 atom stereocenters. The third-order valence-electron chi connectivity index (χ3n) is 3.08. The molecule has 0 aliphatic heterocycles. The number of aromatic hydroxyl groups is 2. The number of hydrogen-bond acceptors (Lipinski definition) is 4. The van der Waals surface area contributed by atoms with Crippen molar-refractivity contribution in [2.24, 2.45) is 0 Å². The van der Waals surface area contributed by atoms with Gasteiger partial charge in [0.2, 0.25) is 11.8 Å². The highest BCUT2D eigenvalue weighted by Crippen LogP contribution is 2.32. The Morgan fingerprint density at radius 3 is 2.50 bits per heavy atom. The van der Waals surface area contributed by atoms with E-state index in [1.807, 2.05) is 0 Å². The van der Waals surface area contributed by atoms with Gasteiger partial charge in [-0.2, -0.15) is 0 Å². The fourth-order valence-electron chi connectivity index (χ4n) is 1.82. The molecule has 6 nitrogen and oxygen atoms in total. The molecule has 0 heterocycles. The van der Waals surface area contributed by atoms with Crippen molar-refractivity contribution in [1.29, 1.82) is 0 Å². The van der Waals surface area contributed by atoms with Crippen LogP contribution in [0.1, 0.15) is 16.7 Å². The van der Waals surface area contributed by atoms with Gasteiger partial charge in [0.15, 0.2) is 0 Å². The number of carbonyl (C=O) groups is 2. The maximum atomic E-state index is 11.6. The summed E-state index contributed by atoms with van der Waals surface area (Å²) in [5, 5.41) is 24.7. The predicted molar refractivity (Wildman–Crippen MR) is 83.4 cm³/mol. The van der Waals surface area contributed by atoms with E-state index in [1.54, 1.807) is 19.9 Å².